The molecule has 0 spiro atoms. The Balaban J connectivity index is 1.69. The zero-order valence-electron chi connectivity index (χ0n) is 12.5. The van der Waals surface area contributed by atoms with E-state index in [1.54, 1.807) is 36.6 Å². The minimum Gasteiger partial charge on any atom is -0.283 e. The fraction of sp³-hybridized carbons (Fsp3) is 0.0667. The van der Waals surface area contributed by atoms with Gasteiger partial charge in [0, 0.05) is 11.1 Å². The average molecular weight is 379 g/mol. The van der Waals surface area contributed by atoms with Crippen molar-refractivity contribution in [1.29, 1.82) is 0 Å². The third kappa shape index (κ3) is 3.81. The summed E-state index contributed by atoms with van der Waals surface area (Å²) in [4.78, 5) is 18.0. The zero-order valence-corrected chi connectivity index (χ0v) is 15.0. The number of hydrogen-bond donors (Lipinski definition) is 2. The molecule has 0 bridgehead atoms. The van der Waals surface area contributed by atoms with Crippen LogP contribution in [0.3, 0.4) is 0 Å². The van der Waals surface area contributed by atoms with Gasteiger partial charge in [0.15, 0.2) is 5.13 Å². The van der Waals surface area contributed by atoms with E-state index in [0.717, 1.165) is 15.3 Å². The molecule has 2 N–H and O–H groups in total. The van der Waals surface area contributed by atoms with Gasteiger partial charge in [-0.05, 0) is 36.1 Å². The number of urea groups is 1. The van der Waals surface area contributed by atoms with Gasteiger partial charge in [0.2, 0.25) is 0 Å². The van der Waals surface area contributed by atoms with E-state index in [-0.39, 0.29) is 4.90 Å². The van der Waals surface area contributed by atoms with Crippen molar-refractivity contribution < 1.29 is 13.2 Å². The third-order valence-electron chi connectivity index (χ3n) is 3.02. The van der Waals surface area contributed by atoms with Gasteiger partial charge in [0.1, 0.15) is 0 Å². The zero-order chi connectivity index (χ0) is 17.2. The second-order valence-corrected chi connectivity index (χ2v) is 8.54. The number of thiophene rings is 1. The molecule has 0 fully saturated rings. The van der Waals surface area contributed by atoms with Crippen LogP contribution in [-0.4, -0.2) is 19.4 Å². The van der Waals surface area contributed by atoms with Crippen molar-refractivity contribution in [2.45, 2.75) is 11.8 Å². The van der Waals surface area contributed by atoms with Crippen LogP contribution in [0, 0.1) is 6.92 Å². The normalized spacial score (nSPS) is 11.2. The van der Waals surface area contributed by atoms with Crippen molar-refractivity contribution in [3.63, 3.8) is 0 Å². The van der Waals surface area contributed by atoms with E-state index in [1.165, 1.54) is 23.5 Å². The van der Waals surface area contributed by atoms with Gasteiger partial charge in [-0.25, -0.2) is 22.9 Å². The maximum Gasteiger partial charge on any atom is 0.334 e. The molecule has 0 atom stereocenters. The molecule has 124 valence electrons. The first-order valence-electron chi connectivity index (χ1n) is 6.84. The summed E-state index contributed by atoms with van der Waals surface area (Å²) in [6, 6.07) is 9.35. The highest BCUT2D eigenvalue weighted by Crippen LogP contribution is 2.31. The van der Waals surface area contributed by atoms with E-state index in [0.29, 0.717) is 5.13 Å². The molecule has 2 aromatic heterocycles. The molecule has 1 aromatic carbocycles. The number of aromatic nitrogens is 1. The first kappa shape index (κ1) is 16.6. The fourth-order valence-corrected chi connectivity index (χ4v) is 4.59. The molecule has 0 unspecified atom stereocenters. The van der Waals surface area contributed by atoms with E-state index >= 15 is 0 Å². The molecule has 0 saturated carbocycles. The Kier molecular flexibility index (Phi) is 4.65. The van der Waals surface area contributed by atoms with Gasteiger partial charge in [-0.1, -0.05) is 29.5 Å². The number of aryl methyl sites for hydroxylation is 1. The Morgan fingerprint density at radius 2 is 2.00 bits per heavy atom. The largest absolute Gasteiger partial charge is 0.334 e. The molecule has 9 heteroatoms. The van der Waals surface area contributed by atoms with Gasteiger partial charge in [0.25, 0.3) is 10.0 Å². The molecule has 3 aromatic rings. The van der Waals surface area contributed by atoms with Gasteiger partial charge in [0.05, 0.1) is 9.77 Å². The number of nitrogens with zero attached hydrogens (tertiary/aromatic N) is 1. The lowest BCUT2D eigenvalue weighted by molar-refractivity contribution is 0.256. The maximum absolute atomic E-state index is 12.2. The molecule has 0 aliphatic carbocycles. The topological polar surface area (TPSA) is 88.2 Å². The van der Waals surface area contributed by atoms with Gasteiger partial charge in [-0.15, -0.1) is 11.3 Å². The Morgan fingerprint density at radius 3 is 2.71 bits per heavy atom. The highest BCUT2D eigenvalue weighted by molar-refractivity contribution is 7.90. The number of rotatable bonds is 4. The van der Waals surface area contributed by atoms with Crippen LogP contribution in [0.1, 0.15) is 5.56 Å². The van der Waals surface area contributed by atoms with E-state index in [2.05, 4.69) is 10.3 Å². The van der Waals surface area contributed by atoms with E-state index < -0.39 is 16.1 Å². The van der Waals surface area contributed by atoms with Crippen LogP contribution in [0.5, 0.6) is 0 Å². The quantitative estimate of drug-likeness (QED) is 0.724. The van der Waals surface area contributed by atoms with Crippen LogP contribution in [0.15, 0.2) is 52.9 Å². The third-order valence-corrected chi connectivity index (χ3v) is 6.32. The highest BCUT2D eigenvalue weighted by atomic mass is 32.2. The molecule has 6 nitrogen and oxygen atoms in total. The summed E-state index contributed by atoms with van der Waals surface area (Å²) in [5.74, 6) is 0. The SMILES string of the molecule is Cc1cccc(S(=O)(=O)NC(=O)Nc2ncc(-c3cccs3)s2)c1. The summed E-state index contributed by atoms with van der Waals surface area (Å²) >= 11 is 2.84. The molecule has 24 heavy (non-hydrogen) atoms. The average Bonchev–Trinajstić information content (AvgIpc) is 3.17. The van der Waals surface area contributed by atoms with Crippen LogP contribution in [0.4, 0.5) is 9.93 Å². The smallest absolute Gasteiger partial charge is 0.283 e. The first-order valence-corrected chi connectivity index (χ1v) is 10.0. The maximum atomic E-state index is 12.2. The second-order valence-electron chi connectivity index (χ2n) is 4.88. The Labute approximate surface area is 147 Å². The predicted octanol–water partition coefficient (Wildman–Crippen LogP) is 3.69. The first-order chi connectivity index (χ1) is 11.4. The number of nitrogens with one attached hydrogen (secondary N) is 2. The van der Waals surface area contributed by atoms with Crippen molar-refractivity contribution >= 4 is 43.9 Å². The number of sulfonamides is 1. The molecule has 2 heterocycles. The molecule has 0 aliphatic heterocycles. The standard InChI is InChI=1S/C15H13N3O3S3/c1-10-4-2-5-11(8-10)24(20,21)18-14(19)17-15-16-9-13(23-15)12-6-3-7-22-12/h2-9H,1H3,(H2,16,17,18,19). The number of anilines is 1. The lowest BCUT2D eigenvalue weighted by Crippen LogP contribution is -2.34. The molecular formula is C15H13N3O3S3. The molecule has 2 amide bonds. The minimum absolute atomic E-state index is 0.0380. The van der Waals surface area contributed by atoms with Gasteiger partial charge >= 0.3 is 6.03 Å². The molecular weight excluding hydrogens is 366 g/mol. The number of hydrogen-bond acceptors (Lipinski definition) is 6. The van der Waals surface area contributed by atoms with Crippen LogP contribution in [-0.2, 0) is 10.0 Å². The lowest BCUT2D eigenvalue weighted by Gasteiger charge is -2.07. The highest BCUT2D eigenvalue weighted by Gasteiger charge is 2.18. The number of carbonyl (C=O) groups excluding carboxylic acids is 1. The molecule has 0 radical (unpaired) electrons. The molecule has 0 saturated heterocycles. The van der Waals surface area contributed by atoms with Crippen molar-refractivity contribution in [3.05, 3.63) is 53.5 Å². The summed E-state index contributed by atoms with van der Waals surface area (Å²) in [6.07, 6.45) is 1.64. The fourth-order valence-electron chi connectivity index (χ4n) is 1.95. The monoisotopic (exact) mass is 379 g/mol. The van der Waals surface area contributed by atoms with Crippen molar-refractivity contribution in [3.8, 4) is 9.75 Å². The van der Waals surface area contributed by atoms with Crippen LogP contribution >= 0.6 is 22.7 Å². The van der Waals surface area contributed by atoms with Gasteiger partial charge in [-0.3, -0.25) is 5.32 Å². The Morgan fingerprint density at radius 1 is 1.17 bits per heavy atom. The summed E-state index contributed by atoms with van der Waals surface area (Å²) in [7, 11) is -3.92. The summed E-state index contributed by atoms with van der Waals surface area (Å²) in [6.45, 7) is 1.78. The Hall–Kier alpha value is -2.23. The van der Waals surface area contributed by atoms with Crippen molar-refractivity contribution in [1.82, 2.24) is 9.71 Å². The van der Waals surface area contributed by atoms with Crippen LogP contribution < -0.4 is 10.0 Å². The van der Waals surface area contributed by atoms with Crippen LogP contribution in [0.2, 0.25) is 0 Å². The summed E-state index contributed by atoms with van der Waals surface area (Å²) in [5.41, 5.74) is 0.791. The summed E-state index contributed by atoms with van der Waals surface area (Å²) in [5, 5.41) is 4.72. The lowest BCUT2D eigenvalue weighted by atomic mass is 10.2. The van der Waals surface area contributed by atoms with Crippen molar-refractivity contribution in [2.75, 3.05) is 5.32 Å². The molecule has 0 aliphatic rings. The number of carbonyl (C=O) groups is 1. The van der Waals surface area contributed by atoms with E-state index in [4.69, 9.17) is 0 Å². The van der Waals surface area contributed by atoms with Gasteiger partial charge < -0.3 is 0 Å². The van der Waals surface area contributed by atoms with E-state index in [9.17, 15) is 13.2 Å². The van der Waals surface area contributed by atoms with Gasteiger partial charge in [-0.2, -0.15) is 0 Å². The minimum atomic E-state index is -3.92. The van der Waals surface area contributed by atoms with E-state index in [1.807, 2.05) is 22.2 Å². The number of thiazole rings is 1. The van der Waals surface area contributed by atoms with Crippen LogP contribution in [0.25, 0.3) is 9.75 Å². The second kappa shape index (κ2) is 6.71. The molecule has 3 rings (SSSR count). The van der Waals surface area contributed by atoms with Crippen molar-refractivity contribution in [2.24, 2.45) is 0 Å². The summed E-state index contributed by atoms with van der Waals surface area (Å²) < 4.78 is 26.4. The Bertz CT molecular complexity index is 963. The number of benzene rings is 1. The predicted molar refractivity (Wildman–Crippen MR) is 95.9 cm³/mol. The number of amides is 2.